The third kappa shape index (κ3) is 13.6. The lowest BCUT2D eigenvalue weighted by Crippen LogP contribution is -2.29. The number of carbonyl (C=O) groups excluding carboxylic acids is 1. The second kappa shape index (κ2) is 9.60. The summed E-state index contributed by atoms with van der Waals surface area (Å²) in [6.45, 7) is 23.1. The second-order valence-electron chi connectivity index (χ2n) is 12.6. The topological polar surface area (TPSA) is 43.1 Å². The molecule has 0 rings (SSSR count). The molecule has 0 bridgehead atoms. The largest absolute Gasteiger partial charge is 0.369 e. The van der Waals surface area contributed by atoms with Gasteiger partial charge in [-0.05, 0) is 66.6 Å². The molecule has 0 aromatic carbocycles. The molecule has 1 amide bonds. The van der Waals surface area contributed by atoms with Crippen LogP contribution >= 0.6 is 0 Å². The molecular weight excluding hydrogens is 318 g/mol. The van der Waals surface area contributed by atoms with Gasteiger partial charge >= 0.3 is 0 Å². The van der Waals surface area contributed by atoms with E-state index in [1.807, 2.05) is 0 Å². The molecule has 2 heteroatoms. The van der Waals surface area contributed by atoms with E-state index in [0.29, 0.717) is 16.2 Å². The van der Waals surface area contributed by atoms with Crippen molar-refractivity contribution >= 4 is 5.91 Å². The Morgan fingerprint density at radius 2 is 1.12 bits per heavy atom. The number of nitrogens with two attached hydrogens (primary N) is 1. The fourth-order valence-corrected chi connectivity index (χ4v) is 3.49. The van der Waals surface area contributed by atoms with Gasteiger partial charge in [-0.2, -0.15) is 0 Å². The summed E-state index contributed by atoms with van der Waals surface area (Å²) in [4.78, 5) is 12.0. The normalized spacial score (nSPS) is 15.2. The average Bonchev–Trinajstić information content (AvgIpc) is 2.40. The van der Waals surface area contributed by atoms with Crippen LogP contribution in [0.4, 0.5) is 0 Å². The van der Waals surface area contributed by atoms with Crippen molar-refractivity contribution in [2.45, 2.75) is 121 Å². The van der Waals surface area contributed by atoms with E-state index in [1.165, 1.54) is 25.7 Å². The molecule has 0 aliphatic heterocycles. The molecule has 0 radical (unpaired) electrons. The van der Waals surface area contributed by atoms with Crippen molar-refractivity contribution in [1.82, 2.24) is 0 Å². The molecule has 0 heterocycles. The number of hydrogen-bond donors (Lipinski definition) is 1. The smallest absolute Gasteiger partial charge is 0.220 e. The summed E-state index contributed by atoms with van der Waals surface area (Å²) in [5, 5.41) is 0. The van der Waals surface area contributed by atoms with Gasteiger partial charge in [0, 0.05) is 5.92 Å². The van der Waals surface area contributed by atoms with Crippen LogP contribution in [0.15, 0.2) is 0 Å². The molecule has 26 heavy (non-hydrogen) atoms. The van der Waals surface area contributed by atoms with Crippen LogP contribution in [0.25, 0.3) is 0 Å². The maximum absolute atomic E-state index is 12.0. The zero-order valence-corrected chi connectivity index (χ0v) is 19.7. The molecule has 2 nitrogen and oxygen atoms in total. The number of primary amides is 1. The highest BCUT2D eigenvalue weighted by Crippen LogP contribution is 2.38. The van der Waals surface area contributed by atoms with Gasteiger partial charge in [-0.15, -0.1) is 0 Å². The van der Waals surface area contributed by atoms with Crippen LogP contribution in [0.2, 0.25) is 0 Å². The third-order valence-corrected chi connectivity index (χ3v) is 5.71. The lowest BCUT2D eigenvalue weighted by molar-refractivity contribution is -0.123. The van der Waals surface area contributed by atoms with E-state index >= 15 is 0 Å². The second-order valence-corrected chi connectivity index (χ2v) is 12.6. The molecule has 0 aliphatic carbocycles. The summed E-state index contributed by atoms with van der Waals surface area (Å²) in [5.41, 5.74) is 7.01. The highest BCUT2D eigenvalue weighted by Gasteiger charge is 2.29. The lowest BCUT2D eigenvalue weighted by Gasteiger charge is -2.32. The summed E-state index contributed by atoms with van der Waals surface area (Å²) in [6, 6.07) is 0. The average molecular weight is 368 g/mol. The van der Waals surface area contributed by atoms with Crippen molar-refractivity contribution < 1.29 is 4.79 Å². The van der Waals surface area contributed by atoms with Crippen molar-refractivity contribution in [3.63, 3.8) is 0 Å². The van der Waals surface area contributed by atoms with E-state index < -0.39 is 0 Å². The summed E-state index contributed by atoms with van der Waals surface area (Å²) in [6.07, 6.45) is 8.96. The molecule has 156 valence electrons. The first-order chi connectivity index (χ1) is 11.4. The molecule has 0 saturated carbocycles. The molecule has 0 aliphatic rings. The van der Waals surface area contributed by atoms with Gasteiger partial charge in [-0.1, -0.05) is 75.7 Å². The minimum atomic E-state index is -0.110. The summed E-state index contributed by atoms with van der Waals surface area (Å²) < 4.78 is 0. The van der Waals surface area contributed by atoms with Gasteiger partial charge in [0.15, 0.2) is 0 Å². The van der Waals surface area contributed by atoms with Crippen molar-refractivity contribution in [2.75, 3.05) is 0 Å². The zero-order chi connectivity index (χ0) is 20.8. The predicted molar refractivity (Wildman–Crippen MR) is 116 cm³/mol. The van der Waals surface area contributed by atoms with Gasteiger partial charge in [-0.3, -0.25) is 4.79 Å². The zero-order valence-electron chi connectivity index (χ0n) is 19.7. The standard InChI is InChI=1S/C24H49NO/c1-21(2,3)14-16-23(7,8)13-11-12-19(20(25)26)18-24(9,10)17-15-22(4,5)6/h19H,11-18H2,1-10H3,(H2,25,26). The van der Waals surface area contributed by atoms with E-state index in [2.05, 4.69) is 69.2 Å². The molecule has 0 fully saturated rings. The van der Waals surface area contributed by atoms with Crippen molar-refractivity contribution in [2.24, 2.45) is 33.3 Å². The van der Waals surface area contributed by atoms with E-state index in [9.17, 15) is 4.79 Å². The third-order valence-electron chi connectivity index (χ3n) is 5.71. The predicted octanol–water partition coefficient (Wildman–Crippen LogP) is 7.35. The summed E-state index contributed by atoms with van der Waals surface area (Å²) in [5.74, 6) is -0.0929. The molecule has 0 spiro atoms. The first-order valence-electron chi connectivity index (χ1n) is 10.7. The van der Waals surface area contributed by atoms with Crippen molar-refractivity contribution in [3.05, 3.63) is 0 Å². The Labute approximate surface area is 165 Å². The number of amides is 1. The van der Waals surface area contributed by atoms with Gasteiger partial charge in [-0.25, -0.2) is 0 Å². The first-order valence-corrected chi connectivity index (χ1v) is 10.7. The maximum atomic E-state index is 12.0. The summed E-state index contributed by atoms with van der Waals surface area (Å²) >= 11 is 0. The molecule has 1 atom stereocenters. The van der Waals surface area contributed by atoms with Crippen LogP contribution in [0.3, 0.4) is 0 Å². The van der Waals surface area contributed by atoms with Crippen LogP contribution < -0.4 is 5.73 Å². The van der Waals surface area contributed by atoms with Crippen molar-refractivity contribution in [3.8, 4) is 0 Å². The fraction of sp³-hybridized carbons (Fsp3) is 0.958. The van der Waals surface area contributed by atoms with Gasteiger partial charge in [0.05, 0.1) is 0 Å². The van der Waals surface area contributed by atoms with Crippen LogP contribution in [-0.4, -0.2) is 5.91 Å². The maximum Gasteiger partial charge on any atom is 0.220 e. The van der Waals surface area contributed by atoms with E-state index in [4.69, 9.17) is 5.73 Å². The Morgan fingerprint density at radius 3 is 1.50 bits per heavy atom. The Balaban J connectivity index is 4.54. The van der Waals surface area contributed by atoms with Crippen LogP contribution in [0.5, 0.6) is 0 Å². The van der Waals surface area contributed by atoms with Gasteiger partial charge in [0.25, 0.3) is 0 Å². The van der Waals surface area contributed by atoms with Crippen LogP contribution in [0.1, 0.15) is 121 Å². The first kappa shape index (κ1) is 25.5. The molecule has 2 N–H and O–H groups in total. The molecular formula is C24H49NO. The number of hydrogen-bond acceptors (Lipinski definition) is 1. The Bertz CT molecular complexity index is 420. The number of carbonyl (C=O) groups is 1. The molecule has 1 unspecified atom stereocenters. The van der Waals surface area contributed by atoms with Crippen LogP contribution in [0, 0.1) is 27.6 Å². The quantitative estimate of drug-likeness (QED) is 0.407. The van der Waals surface area contributed by atoms with Gasteiger partial charge in [0.2, 0.25) is 5.91 Å². The highest BCUT2D eigenvalue weighted by atomic mass is 16.1. The Hall–Kier alpha value is -0.530. The van der Waals surface area contributed by atoms with E-state index in [1.54, 1.807) is 0 Å². The molecule has 0 aromatic rings. The molecule has 0 saturated heterocycles. The molecule has 0 aromatic heterocycles. The van der Waals surface area contributed by atoms with Gasteiger partial charge < -0.3 is 5.73 Å². The van der Waals surface area contributed by atoms with E-state index in [0.717, 1.165) is 25.7 Å². The Kier molecular flexibility index (Phi) is 9.40. The minimum absolute atomic E-state index is 0.0170. The number of rotatable bonds is 11. The SMILES string of the molecule is CC(C)(C)CCC(C)(C)CCCC(CC(C)(C)CCC(C)(C)C)C(N)=O. The highest BCUT2D eigenvalue weighted by molar-refractivity contribution is 5.76. The lowest BCUT2D eigenvalue weighted by atomic mass is 9.73. The van der Waals surface area contributed by atoms with Crippen molar-refractivity contribution in [1.29, 1.82) is 0 Å². The van der Waals surface area contributed by atoms with Gasteiger partial charge in [0.1, 0.15) is 0 Å². The monoisotopic (exact) mass is 367 g/mol. The van der Waals surface area contributed by atoms with Crippen LogP contribution in [-0.2, 0) is 4.79 Å². The fourth-order valence-electron chi connectivity index (χ4n) is 3.49. The minimum Gasteiger partial charge on any atom is -0.369 e. The summed E-state index contributed by atoms with van der Waals surface area (Å²) in [7, 11) is 0. The van der Waals surface area contributed by atoms with E-state index in [-0.39, 0.29) is 17.2 Å². The Morgan fingerprint density at radius 1 is 0.692 bits per heavy atom.